The van der Waals surface area contributed by atoms with Gasteiger partial charge in [-0.1, -0.05) is 46.8 Å². The Morgan fingerprint density at radius 2 is 1.75 bits per heavy atom. The van der Waals surface area contributed by atoms with E-state index in [0.29, 0.717) is 0 Å². The molecule has 0 bridgehead atoms. The predicted octanol–water partition coefficient (Wildman–Crippen LogP) is 4.46. The number of oxazole rings is 1. The second kappa shape index (κ2) is 4.69. The first kappa shape index (κ1) is 12.8. The summed E-state index contributed by atoms with van der Waals surface area (Å²) in [4.78, 5) is 4.32. The average molecular weight is 219 g/mol. The largest absolute Gasteiger partial charge is 0.441 e. The quantitative estimate of drug-likeness (QED) is 0.653. The predicted molar refractivity (Wildman–Crippen MR) is 68.8 cm³/mol. The van der Waals surface area contributed by atoms with Gasteiger partial charge in [-0.3, -0.25) is 0 Å². The van der Waals surface area contributed by atoms with Crippen molar-refractivity contribution in [2.24, 2.45) is 0 Å². The maximum absolute atomic E-state index is 5.61. The summed E-state index contributed by atoms with van der Waals surface area (Å²) in [7, 11) is 0. The number of nitrogens with zero attached hydrogens (tertiary/aromatic N) is 1. The lowest BCUT2D eigenvalue weighted by molar-refractivity contribution is 0.533. The van der Waals surface area contributed by atoms with E-state index < -0.39 is 0 Å². The molecule has 2 heteroatoms. The summed E-state index contributed by atoms with van der Waals surface area (Å²) in [5.41, 5.74) is 3.20. The zero-order valence-corrected chi connectivity index (χ0v) is 11.1. The molecule has 0 atom stereocenters. The van der Waals surface area contributed by atoms with E-state index in [9.17, 15) is 0 Å². The molecule has 0 aliphatic carbocycles. The summed E-state index contributed by atoms with van der Waals surface area (Å²) in [6, 6.07) is 6.12. The van der Waals surface area contributed by atoms with Crippen molar-refractivity contribution in [3.05, 3.63) is 29.7 Å². The topological polar surface area (TPSA) is 26.0 Å². The van der Waals surface area contributed by atoms with Crippen molar-refractivity contribution in [3.63, 3.8) is 0 Å². The van der Waals surface area contributed by atoms with Crippen LogP contribution in [0.3, 0.4) is 0 Å². The number of aromatic nitrogens is 1. The van der Waals surface area contributed by atoms with Gasteiger partial charge in [0.25, 0.3) is 0 Å². The summed E-state index contributed by atoms with van der Waals surface area (Å²) in [5, 5.41) is 0. The van der Waals surface area contributed by atoms with Gasteiger partial charge >= 0.3 is 0 Å². The Morgan fingerprint density at radius 3 is 2.31 bits per heavy atom. The van der Waals surface area contributed by atoms with E-state index in [1.54, 1.807) is 0 Å². The summed E-state index contributed by atoms with van der Waals surface area (Å²) in [6.45, 7) is 12.4. The number of para-hydroxylation sites is 1. The minimum absolute atomic E-state index is 0.103. The Morgan fingerprint density at radius 1 is 1.12 bits per heavy atom. The third-order valence-electron chi connectivity index (χ3n) is 2.33. The lowest BCUT2D eigenvalue weighted by Gasteiger charge is -2.18. The second-order valence-electron chi connectivity index (χ2n) is 4.64. The highest BCUT2D eigenvalue weighted by Gasteiger charge is 2.19. The zero-order chi connectivity index (χ0) is 12.3. The van der Waals surface area contributed by atoms with Crippen molar-refractivity contribution in [1.29, 1.82) is 0 Å². The van der Waals surface area contributed by atoms with E-state index in [1.165, 1.54) is 5.56 Å². The summed E-state index contributed by atoms with van der Waals surface area (Å²) < 4.78 is 5.61. The molecule has 0 N–H and O–H groups in total. The normalized spacial score (nSPS) is 11.1. The summed E-state index contributed by atoms with van der Waals surface area (Å²) in [5.74, 6) is 0.733. The highest BCUT2D eigenvalue weighted by molar-refractivity contribution is 5.77. The van der Waals surface area contributed by atoms with E-state index in [2.05, 4.69) is 31.8 Å². The van der Waals surface area contributed by atoms with Gasteiger partial charge in [-0.2, -0.15) is 0 Å². The van der Waals surface area contributed by atoms with Crippen LogP contribution < -0.4 is 0 Å². The molecule has 0 aliphatic heterocycles. The van der Waals surface area contributed by atoms with Gasteiger partial charge in [0, 0.05) is 12.5 Å². The van der Waals surface area contributed by atoms with Crippen molar-refractivity contribution in [2.45, 2.75) is 47.0 Å². The number of hydrogen-bond donors (Lipinski definition) is 0. The fourth-order valence-electron chi connectivity index (χ4n) is 1.65. The van der Waals surface area contributed by atoms with Crippen LogP contribution >= 0.6 is 0 Å². The molecule has 0 aliphatic rings. The molecule has 0 saturated heterocycles. The van der Waals surface area contributed by atoms with Crippen LogP contribution in [0.25, 0.3) is 11.1 Å². The SMILES string of the molecule is CC.Cc1nc2cccc(C(C)(C)C)c2o1. The molecule has 1 aromatic heterocycles. The van der Waals surface area contributed by atoms with E-state index >= 15 is 0 Å². The first-order valence-electron chi connectivity index (χ1n) is 5.85. The Kier molecular flexibility index (Phi) is 3.74. The van der Waals surface area contributed by atoms with Crippen LogP contribution in [0.4, 0.5) is 0 Å². The maximum Gasteiger partial charge on any atom is 0.192 e. The van der Waals surface area contributed by atoms with Crippen molar-refractivity contribution in [2.75, 3.05) is 0 Å². The Balaban J connectivity index is 0.000000606. The molecule has 0 spiro atoms. The molecular formula is C14H21NO. The molecule has 2 rings (SSSR count). The van der Waals surface area contributed by atoms with Crippen LogP contribution in [0.1, 0.15) is 46.1 Å². The van der Waals surface area contributed by atoms with E-state index in [0.717, 1.165) is 17.0 Å². The Bertz CT molecular complexity index is 463. The molecule has 0 saturated carbocycles. The fraction of sp³-hybridized carbons (Fsp3) is 0.500. The average Bonchev–Trinajstić information content (AvgIpc) is 2.58. The monoisotopic (exact) mass is 219 g/mol. The number of hydrogen-bond acceptors (Lipinski definition) is 2. The summed E-state index contributed by atoms with van der Waals surface area (Å²) in [6.07, 6.45) is 0. The maximum atomic E-state index is 5.61. The molecule has 0 unspecified atom stereocenters. The molecule has 0 radical (unpaired) electrons. The number of rotatable bonds is 0. The van der Waals surface area contributed by atoms with Crippen molar-refractivity contribution < 1.29 is 4.42 Å². The number of aryl methyl sites for hydroxylation is 1. The van der Waals surface area contributed by atoms with Crippen molar-refractivity contribution >= 4 is 11.1 Å². The van der Waals surface area contributed by atoms with Crippen molar-refractivity contribution in [3.8, 4) is 0 Å². The van der Waals surface area contributed by atoms with Crippen LogP contribution in [-0.4, -0.2) is 4.98 Å². The minimum atomic E-state index is 0.103. The zero-order valence-electron chi connectivity index (χ0n) is 11.1. The number of benzene rings is 1. The Hall–Kier alpha value is -1.31. The van der Waals surface area contributed by atoms with Gasteiger partial charge in [-0.15, -0.1) is 0 Å². The van der Waals surface area contributed by atoms with Crippen LogP contribution in [-0.2, 0) is 5.41 Å². The molecule has 1 aromatic carbocycles. The molecule has 1 heterocycles. The molecule has 0 amide bonds. The van der Waals surface area contributed by atoms with Gasteiger partial charge in [0.2, 0.25) is 0 Å². The minimum Gasteiger partial charge on any atom is -0.441 e. The van der Waals surface area contributed by atoms with Gasteiger partial charge < -0.3 is 4.42 Å². The lowest BCUT2D eigenvalue weighted by Crippen LogP contribution is -2.10. The molecule has 2 aromatic rings. The van der Waals surface area contributed by atoms with Gasteiger partial charge in [0.15, 0.2) is 11.5 Å². The van der Waals surface area contributed by atoms with Crippen LogP contribution in [0.15, 0.2) is 22.6 Å². The number of fused-ring (bicyclic) bond motifs is 1. The fourth-order valence-corrected chi connectivity index (χ4v) is 1.65. The van der Waals surface area contributed by atoms with E-state index in [1.807, 2.05) is 32.9 Å². The standard InChI is InChI=1S/C12H15NO.C2H6/c1-8-13-10-7-5-6-9(11(10)14-8)12(2,3)4;1-2/h5-7H,1-4H3;1-2H3. The molecule has 16 heavy (non-hydrogen) atoms. The van der Waals surface area contributed by atoms with Gasteiger partial charge in [-0.05, 0) is 11.5 Å². The van der Waals surface area contributed by atoms with E-state index in [-0.39, 0.29) is 5.41 Å². The summed E-state index contributed by atoms with van der Waals surface area (Å²) >= 11 is 0. The van der Waals surface area contributed by atoms with Crippen molar-refractivity contribution in [1.82, 2.24) is 4.98 Å². The van der Waals surface area contributed by atoms with Crippen LogP contribution in [0.2, 0.25) is 0 Å². The third-order valence-corrected chi connectivity index (χ3v) is 2.33. The highest BCUT2D eigenvalue weighted by Crippen LogP contribution is 2.29. The second-order valence-corrected chi connectivity index (χ2v) is 4.64. The Labute approximate surface area is 97.7 Å². The third kappa shape index (κ3) is 2.43. The van der Waals surface area contributed by atoms with Crippen LogP contribution in [0, 0.1) is 6.92 Å². The smallest absolute Gasteiger partial charge is 0.192 e. The molecular weight excluding hydrogens is 198 g/mol. The van der Waals surface area contributed by atoms with Gasteiger partial charge in [-0.25, -0.2) is 4.98 Å². The first-order valence-corrected chi connectivity index (χ1v) is 5.85. The van der Waals surface area contributed by atoms with Gasteiger partial charge in [0.05, 0.1) is 0 Å². The van der Waals surface area contributed by atoms with Gasteiger partial charge in [0.1, 0.15) is 5.52 Å². The molecule has 88 valence electrons. The lowest BCUT2D eigenvalue weighted by atomic mass is 9.86. The van der Waals surface area contributed by atoms with E-state index in [4.69, 9.17) is 4.42 Å². The highest BCUT2D eigenvalue weighted by atomic mass is 16.3. The molecule has 0 fully saturated rings. The first-order chi connectivity index (χ1) is 7.48. The molecule has 2 nitrogen and oxygen atoms in total. The van der Waals surface area contributed by atoms with Crippen LogP contribution in [0.5, 0.6) is 0 Å².